The molecule has 16 heavy (non-hydrogen) atoms. The molecule has 0 heterocycles. The first kappa shape index (κ1) is 13.0. The number of hydrogen-bond acceptors (Lipinski definition) is 2. The molecule has 1 rings (SSSR count). The van der Waals surface area contributed by atoms with E-state index in [9.17, 15) is 4.79 Å². The maximum Gasteiger partial charge on any atom is 0.221 e. The number of amides is 1. The van der Waals surface area contributed by atoms with Gasteiger partial charge in [0.2, 0.25) is 5.91 Å². The third-order valence-corrected chi connectivity index (χ3v) is 2.93. The number of primary amides is 1. The van der Waals surface area contributed by atoms with Crippen molar-refractivity contribution in [1.29, 1.82) is 0 Å². The summed E-state index contributed by atoms with van der Waals surface area (Å²) in [6.45, 7) is 4.37. The fraction of sp³-hybridized carbons (Fsp3) is 0.417. The highest BCUT2D eigenvalue weighted by Crippen LogP contribution is 2.22. The van der Waals surface area contributed by atoms with E-state index in [0.29, 0.717) is 6.54 Å². The van der Waals surface area contributed by atoms with E-state index >= 15 is 0 Å². The van der Waals surface area contributed by atoms with Gasteiger partial charge in [-0.15, -0.1) is 0 Å². The second-order valence-electron chi connectivity index (χ2n) is 3.95. The van der Waals surface area contributed by atoms with Gasteiger partial charge in [0.15, 0.2) is 0 Å². The van der Waals surface area contributed by atoms with Gasteiger partial charge in [-0.2, -0.15) is 0 Å². The second-order valence-corrected chi connectivity index (χ2v) is 4.36. The molecule has 1 aromatic carbocycles. The highest BCUT2D eigenvalue weighted by molar-refractivity contribution is 6.31. The minimum atomic E-state index is -0.293. The van der Waals surface area contributed by atoms with E-state index in [-0.39, 0.29) is 17.9 Å². The Balaban J connectivity index is 2.56. The first-order valence-corrected chi connectivity index (χ1v) is 5.67. The summed E-state index contributed by atoms with van der Waals surface area (Å²) in [5.74, 6) is -0.469. The Kier molecular flexibility index (Phi) is 4.77. The van der Waals surface area contributed by atoms with Gasteiger partial charge >= 0.3 is 0 Å². The lowest BCUT2D eigenvalue weighted by Gasteiger charge is -2.17. The Morgan fingerprint density at radius 3 is 2.62 bits per heavy atom. The molecule has 1 aromatic rings. The normalized spacial score (nSPS) is 14.4. The summed E-state index contributed by atoms with van der Waals surface area (Å²) in [6, 6.07) is 7.76. The number of hydrogen-bond donors (Lipinski definition) is 2. The summed E-state index contributed by atoms with van der Waals surface area (Å²) in [7, 11) is 0. The number of carbonyl (C=O) groups excluding carboxylic acids is 1. The molecule has 0 saturated heterocycles. The van der Waals surface area contributed by atoms with Gasteiger partial charge in [0.05, 0.1) is 0 Å². The fourth-order valence-electron chi connectivity index (χ4n) is 1.39. The van der Waals surface area contributed by atoms with Crippen molar-refractivity contribution in [2.75, 3.05) is 6.54 Å². The Morgan fingerprint density at radius 1 is 1.44 bits per heavy atom. The molecule has 0 spiro atoms. The summed E-state index contributed by atoms with van der Waals surface area (Å²) in [4.78, 5) is 10.9. The average molecular weight is 241 g/mol. The Labute approximate surface area is 101 Å². The van der Waals surface area contributed by atoms with Gasteiger partial charge < -0.3 is 11.1 Å². The van der Waals surface area contributed by atoms with Gasteiger partial charge in [-0.1, -0.05) is 36.7 Å². The average Bonchev–Trinajstić information content (AvgIpc) is 2.25. The first-order chi connectivity index (χ1) is 7.52. The molecule has 0 saturated carbocycles. The Bertz CT molecular complexity index is 368. The number of benzene rings is 1. The molecule has 0 aliphatic heterocycles. The molecule has 1 amide bonds. The molecule has 0 aliphatic carbocycles. The highest BCUT2D eigenvalue weighted by atomic mass is 35.5. The maximum atomic E-state index is 10.9. The summed E-state index contributed by atoms with van der Waals surface area (Å²) in [5.41, 5.74) is 6.21. The molecular formula is C12H17ClN2O. The van der Waals surface area contributed by atoms with Crippen LogP contribution in [-0.4, -0.2) is 12.5 Å². The van der Waals surface area contributed by atoms with Crippen molar-refractivity contribution in [1.82, 2.24) is 5.32 Å². The van der Waals surface area contributed by atoms with Crippen LogP contribution in [0.15, 0.2) is 24.3 Å². The number of carbonyl (C=O) groups is 1. The summed E-state index contributed by atoms with van der Waals surface area (Å²) < 4.78 is 0. The lowest BCUT2D eigenvalue weighted by molar-refractivity contribution is -0.121. The van der Waals surface area contributed by atoms with E-state index in [2.05, 4.69) is 5.32 Å². The van der Waals surface area contributed by atoms with Crippen molar-refractivity contribution < 1.29 is 4.79 Å². The van der Waals surface area contributed by atoms with E-state index < -0.39 is 0 Å². The van der Waals surface area contributed by atoms with Gasteiger partial charge in [-0.25, -0.2) is 0 Å². The van der Waals surface area contributed by atoms with Crippen molar-refractivity contribution in [3.8, 4) is 0 Å². The van der Waals surface area contributed by atoms with Gasteiger partial charge in [0.1, 0.15) is 0 Å². The summed E-state index contributed by atoms with van der Waals surface area (Å²) in [5, 5.41) is 3.97. The summed E-state index contributed by atoms with van der Waals surface area (Å²) in [6.07, 6.45) is 0. The Morgan fingerprint density at radius 2 is 2.06 bits per heavy atom. The highest BCUT2D eigenvalue weighted by Gasteiger charge is 2.12. The van der Waals surface area contributed by atoms with Crippen LogP contribution in [0.4, 0.5) is 0 Å². The van der Waals surface area contributed by atoms with Crippen molar-refractivity contribution in [2.24, 2.45) is 11.7 Å². The zero-order chi connectivity index (χ0) is 12.1. The topological polar surface area (TPSA) is 55.1 Å². The quantitative estimate of drug-likeness (QED) is 0.828. The molecule has 1 unspecified atom stereocenters. The number of halogens is 1. The predicted molar refractivity (Wildman–Crippen MR) is 66.2 cm³/mol. The number of nitrogens with two attached hydrogens (primary N) is 1. The van der Waals surface area contributed by atoms with Crippen molar-refractivity contribution in [3.63, 3.8) is 0 Å². The van der Waals surface area contributed by atoms with Gasteiger partial charge in [-0.05, 0) is 18.6 Å². The van der Waals surface area contributed by atoms with Gasteiger partial charge in [0.25, 0.3) is 0 Å². The number of rotatable bonds is 5. The molecule has 0 radical (unpaired) electrons. The molecule has 0 fully saturated rings. The van der Waals surface area contributed by atoms with E-state index in [1.807, 2.05) is 31.2 Å². The molecule has 0 aliphatic rings. The van der Waals surface area contributed by atoms with Crippen LogP contribution in [0.2, 0.25) is 5.02 Å². The van der Waals surface area contributed by atoms with E-state index in [4.69, 9.17) is 17.3 Å². The second kappa shape index (κ2) is 5.87. The zero-order valence-corrected chi connectivity index (χ0v) is 10.3. The first-order valence-electron chi connectivity index (χ1n) is 5.29. The molecule has 3 N–H and O–H groups in total. The van der Waals surface area contributed by atoms with Gasteiger partial charge in [-0.3, -0.25) is 4.79 Å². The van der Waals surface area contributed by atoms with Crippen molar-refractivity contribution in [2.45, 2.75) is 19.9 Å². The third-order valence-electron chi connectivity index (χ3n) is 2.59. The van der Waals surface area contributed by atoms with E-state index in [0.717, 1.165) is 10.6 Å². The molecule has 0 aromatic heterocycles. The SMILES string of the molecule is CC(CN[C@@H](C)c1ccccc1Cl)C(N)=O. The maximum absolute atomic E-state index is 10.9. The zero-order valence-electron chi connectivity index (χ0n) is 9.53. The van der Waals surface area contributed by atoms with Crippen molar-refractivity contribution in [3.05, 3.63) is 34.9 Å². The third kappa shape index (κ3) is 3.51. The van der Waals surface area contributed by atoms with Crippen molar-refractivity contribution >= 4 is 17.5 Å². The monoisotopic (exact) mass is 240 g/mol. The van der Waals surface area contributed by atoms with Crippen LogP contribution in [0.5, 0.6) is 0 Å². The molecular weight excluding hydrogens is 224 g/mol. The summed E-state index contributed by atoms with van der Waals surface area (Å²) >= 11 is 6.07. The van der Waals surface area contributed by atoms with Gasteiger partial charge in [0, 0.05) is 23.5 Å². The lowest BCUT2D eigenvalue weighted by atomic mass is 10.1. The minimum absolute atomic E-state index is 0.107. The number of nitrogens with one attached hydrogen (secondary N) is 1. The minimum Gasteiger partial charge on any atom is -0.369 e. The smallest absolute Gasteiger partial charge is 0.221 e. The lowest BCUT2D eigenvalue weighted by Crippen LogP contribution is -2.32. The molecule has 88 valence electrons. The Hall–Kier alpha value is -1.06. The van der Waals surface area contributed by atoms with Crippen LogP contribution in [0.1, 0.15) is 25.5 Å². The van der Waals surface area contributed by atoms with E-state index in [1.54, 1.807) is 6.92 Å². The molecule has 0 bridgehead atoms. The van der Waals surface area contributed by atoms with Crippen LogP contribution in [0, 0.1) is 5.92 Å². The van der Waals surface area contributed by atoms with Crippen LogP contribution < -0.4 is 11.1 Å². The predicted octanol–water partition coefficient (Wildman–Crippen LogP) is 2.11. The van der Waals surface area contributed by atoms with E-state index in [1.165, 1.54) is 0 Å². The van der Waals surface area contributed by atoms with Crippen LogP contribution in [-0.2, 0) is 4.79 Å². The van der Waals surface area contributed by atoms with Crippen LogP contribution in [0.3, 0.4) is 0 Å². The van der Waals surface area contributed by atoms with Crippen LogP contribution in [0.25, 0.3) is 0 Å². The molecule has 3 nitrogen and oxygen atoms in total. The largest absolute Gasteiger partial charge is 0.369 e. The fourth-order valence-corrected chi connectivity index (χ4v) is 1.69. The molecule has 2 atom stereocenters. The standard InChI is InChI=1S/C12H17ClN2O/c1-8(12(14)16)7-15-9(2)10-5-3-4-6-11(10)13/h3-6,8-9,15H,7H2,1-2H3,(H2,14,16)/t8?,9-/m0/s1. The molecule has 4 heteroatoms. The van der Waals surface area contributed by atoms with Crippen LogP contribution >= 0.6 is 11.6 Å².